The van der Waals surface area contributed by atoms with Gasteiger partial charge in [-0.3, -0.25) is 4.79 Å². The molecule has 0 radical (unpaired) electrons. The van der Waals surface area contributed by atoms with E-state index < -0.39 is 5.91 Å². The molecule has 0 heterocycles. The normalized spacial score (nSPS) is 9.47. The number of halogens is 2. The summed E-state index contributed by atoms with van der Waals surface area (Å²) in [5, 5.41) is 0. The zero-order valence-corrected chi connectivity index (χ0v) is 9.71. The topological polar surface area (TPSA) is 43.1 Å². The molecule has 2 rings (SSSR count). The molecule has 0 saturated carbocycles. The van der Waals surface area contributed by atoms with Crippen molar-refractivity contribution in [3.63, 3.8) is 0 Å². The summed E-state index contributed by atoms with van der Waals surface area (Å²) < 4.78 is 13.4. The molecule has 0 aliphatic heterocycles. The van der Waals surface area contributed by atoms with Gasteiger partial charge in [0.15, 0.2) is 0 Å². The Labute approximate surface area is 105 Å². The van der Waals surface area contributed by atoms with Crippen LogP contribution in [0.4, 0.5) is 4.39 Å². The van der Waals surface area contributed by atoms with Gasteiger partial charge in [0.05, 0.1) is 0 Å². The van der Waals surface area contributed by atoms with Gasteiger partial charge >= 0.3 is 0 Å². The van der Waals surface area contributed by atoms with Crippen LogP contribution < -0.4 is 5.73 Å². The summed E-state index contributed by atoms with van der Waals surface area (Å²) in [6.07, 6.45) is 0. The summed E-state index contributed by atoms with van der Waals surface area (Å²) in [5.74, 6) is -0.769. The van der Waals surface area contributed by atoms with Crippen LogP contribution in [0.1, 0.15) is 10.4 Å². The van der Waals surface area contributed by atoms with Crippen molar-refractivity contribution >= 4 is 18.3 Å². The third-order valence-corrected chi connectivity index (χ3v) is 2.35. The van der Waals surface area contributed by atoms with Crippen LogP contribution in [0, 0.1) is 5.82 Å². The number of carbonyl (C=O) groups is 1. The molecule has 17 heavy (non-hydrogen) atoms. The Hall–Kier alpha value is -1.87. The molecule has 88 valence electrons. The molecular formula is C13H11ClFNO. The molecule has 2 aromatic carbocycles. The van der Waals surface area contributed by atoms with E-state index in [1.807, 2.05) is 0 Å². The third kappa shape index (κ3) is 2.82. The molecule has 0 aliphatic rings. The van der Waals surface area contributed by atoms with Crippen molar-refractivity contribution in [2.45, 2.75) is 0 Å². The van der Waals surface area contributed by atoms with Crippen LogP contribution in [-0.4, -0.2) is 5.91 Å². The lowest BCUT2D eigenvalue weighted by molar-refractivity contribution is 0.100. The summed E-state index contributed by atoms with van der Waals surface area (Å²) in [6, 6.07) is 13.0. The standard InChI is InChI=1S/C13H10FNO.ClH/c14-12-4-2-1-3-11(12)9-5-7-10(8-6-9)13(15)16;/h1-8H,(H2,15,16);1H. The molecule has 2 aromatic rings. The predicted octanol–water partition coefficient (Wildman–Crippen LogP) is 3.01. The Bertz CT molecular complexity index is 525. The van der Waals surface area contributed by atoms with Crippen LogP contribution in [0.3, 0.4) is 0 Å². The van der Waals surface area contributed by atoms with E-state index in [2.05, 4.69) is 0 Å². The maximum absolute atomic E-state index is 13.4. The monoisotopic (exact) mass is 251 g/mol. The number of hydrogen-bond donors (Lipinski definition) is 1. The fraction of sp³-hybridized carbons (Fsp3) is 0. The molecule has 0 unspecified atom stereocenters. The first-order valence-electron chi connectivity index (χ1n) is 4.83. The number of benzene rings is 2. The van der Waals surface area contributed by atoms with Gasteiger partial charge in [0.1, 0.15) is 5.82 Å². The van der Waals surface area contributed by atoms with Crippen LogP contribution >= 0.6 is 12.4 Å². The molecule has 0 bridgehead atoms. The summed E-state index contributed by atoms with van der Waals surface area (Å²) in [5.41, 5.74) is 6.77. The van der Waals surface area contributed by atoms with Gasteiger partial charge < -0.3 is 5.73 Å². The summed E-state index contributed by atoms with van der Waals surface area (Å²) >= 11 is 0. The van der Waals surface area contributed by atoms with Crippen LogP contribution in [0.2, 0.25) is 0 Å². The van der Waals surface area contributed by atoms with E-state index in [4.69, 9.17) is 5.73 Å². The third-order valence-electron chi connectivity index (χ3n) is 2.35. The lowest BCUT2D eigenvalue weighted by Gasteiger charge is -2.03. The van der Waals surface area contributed by atoms with Crippen molar-refractivity contribution in [3.05, 3.63) is 59.9 Å². The minimum Gasteiger partial charge on any atom is -0.366 e. The number of hydrogen-bond acceptors (Lipinski definition) is 1. The van der Waals surface area contributed by atoms with Gasteiger partial charge in [-0.1, -0.05) is 30.3 Å². The summed E-state index contributed by atoms with van der Waals surface area (Å²) in [6.45, 7) is 0. The summed E-state index contributed by atoms with van der Waals surface area (Å²) in [7, 11) is 0. The van der Waals surface area contributed by atoms with Crippen molar-refractivity contribution < 1.29 is 9.18 Å². The fourth-order valence-electron chi connectivity index (χ4n) is 1.51. The van der Waals surface area contributed by atoms with E-state index in [1.54, 1.807) is 42.5 Å². The Kier molecular flexibility index (Phi) is 4.24. The van der Waals surface area contributed by atoms with E-state index in [0.717, 1.165) is 5.56 Å². The van der Waals surface area contributed by atoms with E-state index in [0.29, 0.717) is 11.1 Å². The Morgan fingerprint density at radius 1 is 1.00 bits per heavy atom. The van der Waals surface area contributed by atoms with E-state index in [9.17, 15) is 9.18 Å². The van der Waals surface area contributed by atoms with Crippen molar-refractivity contribution in [2.24, 2.45) is 5.73 Å². The second-order valence-corrected chi connectivity index (χ2v) is 3.42. The van der Waals surface area contributed by atoms with Crippen molar-refractivity contribution in [2.75, 3.05) is 0 Å². The fourth-order valence-corrected chi connectivity index (χ4v) is 1.51. The molecule has 0 saturated heterocycles. The van der Waals surface area contributed by atoms with Crippen LogP contribution in [-0.2, 0) is 0 Å². The van der Waals surface area contributed by atoms with E-state index in [-0.39, 0.29) is 18.2 Å². The van der Waals surface area contributed by atoms with Crippen LogP contribution in [0.25, 0.3) is 11.1 Å². The van der Waals surface area contributed by atoms with Crippen molar-refractivity contribution in [1.82, 2.24) is 0 Å². The number of primary amides is 1. The Morgan fingerprint density at radius 2 is 1.59 bits per heavy atom. The van der Waals surface area contributed by atoms with Gasteiger partial charge in [-0.2, -0.15) is 0 Å². The Morgan fingerprint density at radius 3 is 2.12 bits per heavy atom. The van der Waals surface area contributed by atoms with Gasteiger partial charge in [0, 0.05) is 11.1 Å². The molecule has 2 nitrogen and oxygen atoms in total. The zero-order chi connectivity index (χ0) is 11.5. The second-order valence-electron chi connectivity index (χ2n) is 3.42. The average molecular weight is 252 g/mol. The minimum absolute atomic E-state index is 0. The highest BCUT2D eigenvalue weighted by Crippen LogP contribution is 2.22. The first-order chi connectivity index (χ1) is 7.68. The zero-order valence-electron chi connectivity index (χ0n) is 8.89. The highest BCUT2D eigenvalue weighted by atomic mass is 35.5. The molecule has 0 aromatic heterocycles. The highest BCUT2D eigenvalue weighted by Gasteiger charge is 2.04. The Balaban J connectivity index is 0.00000144. The van der Waals surface area contributed by atoms with E-state index in [1.165, 1.54) is 6.07 Å². The maximum atomic E-state index is 13.4. The molecule has 0 spiro atoms. The number of amides is 1. The van der Waals surface area contributed by atoms with Crippen LogP contribution in [0.5, 0.6) is 0 Å². The van der Waals surface area contributed by atoms with Crippen molar-refractivity contribution in [3.8, 4) is 11.1 Å². The SMILES string of the molecule is Cl.NC(=O)c1ccc(-c2ccccc2F)cc1. The average Bonchev–Trinajstić information content (AvgIpc) is 2.30. The molecule has 4 heteroatoms. The van der Waals surface area contributed by atoms with Gasteiger partial charge in [0.25, 0.3) is 0 Å². The van der Waals surface area contributed by atoms with Gasteiger partial charge in [-0.05, 0) is 23.8 Å². The first-order valence-corrected chi connectivity index (χ1v) is 4.83. The van der Waals surface area contributed by atoms with E-state index >= 15 is 0 Å². The minimum atomic E-state index is -0.486. The molecule has 0 aliphatic carbocycles. The molecule has 1 amide bonds. The lowest BCUT2D eigenvalue weighted by atomic mass is 10.0. The largest absolute Gasteiger partial charge is 0.366 e. The number of nitrogens with two attached hydrogens (primary N) is 1. The van der Waals surface area contributed by atoms with Gasteiger partial charge in [-0.15, -0.1) is 12.4 Å². The molecule has 2 N–H and O–H groups in total. The quantitative estimate of drug-likeness (QED) is 0.876. The first kappa shape index (κ1) is 13.2. The predicted molar refractivity (Wildman–Crippen MR) is 67.6 cm³/mol. The highest BCUT2D eigenvalue weighted by molar-refractivity contribution is 5.93. The van der Waals surface area contributed by atoms with Gasteiger partial charge in [-0.25, -0.2) is 4.39 Å². The second kappa shape index (κ2) is 5.46. The lowest BCUT2D eigenvalue weighted by Crippen LogP contribution is -2.10. The summed E-state index contributed by atoms with van der Waals surface area (Å²) in [4.78, 5) is 10.9. The molecule has 0 fully saturated rings. The molecular weight excluding hydrogens is 241 g/mol. The maximum Gasteiger partial charge on any atom is 0.248 e. The van der Waals surface area contributed by atoms with Gasteiger partial charge in [0.2, 0.25) is 5.91 Å². The van der Waals surface area contributed by atoms with Crippen molar-refractivity contribution in [1.29, 1.82) is 0 Å². The molecule has 0 atom stereocenters. The van der Waals surface area contributed by atoms with Crippen LogP contribution in [0.15, 0.2) is 48.5 Å². The number of rotatable bonds is 2. The number of carbonyl (C=O) groups excluding carboxylic acids is 1. The smallest absolute Gasteiger partial charge is 0.248 e.